The van der Waals surface area contributed by atoms with Gasteiger partial charge in [0.2, 0.25) is 5.72 Å². The van der Waals surface area contributed by atoms with Gasteiger partial charge in [-0.1, -0.05) is 0 Å². The van der Waals surface area contributed by atoms with Gasteiger partial charge in [0.1, 0.15) is 6.10 Å². The molecule has 9 heavy (non-hydrogen) atoms. The minimum Gasteiger partial charge on any atom is -0.478 e. The molecule has 5 heteroatoms. The maximum Gasteiger partial charge on any atom is 0.353 e. The van der Waals surface area contributed by atoms with Crippen molar-refractivity contribution in [3.05, 3.63) is 0 Å². The number of hydrogen-bond acceptors (Lipinski definition) is 4. The van der Waals surface area contributed by atoms with Gasteiger partial charge in [-0.3, -0.25) is 5.73 Å². The first-order chi connectivity index (χ1) is 3.89. The van der Waals surface area contributed by atoms with Crippen molar-refractivity contribution in [2.24, 2.45) is 5.73 Å². The fourth-order valence-corrected chi connectivity index (χ4v) is 0.179. The number of aliphatic hydroxyl groups is 2. The van der Waals surface area contributed by atoms with Crippen molar-refractivity contribution in [1.82, 2.24) is 0 Å². The Hall–Kier alpha value is -0.650. The molecule has 0 spiro atoms. The second kappa shape index (κ2) is 2.30. The number of carboxylic acid groups (broad SMARTS) is 1. The van der Waals surface area contributed by atoms with Gasteiger partial charge in [0, 0.05) is 0 Å². The summed E-state index contributed by atoms with van der Waals surface area (Å²) in [5.41, 5.74) is 2.18. The van der Waals surface area contributed by atoms with Crippen LogP contribution in [0.4, 0.5) is 0 Å². The molecule has 0 aromatic carbocycles. The van der Waals surface area contributed by atoms with Gasteiger partial charge in [0.15, 0.2) is 0 Å². The fourth-order valence-electron chi connectivity index (χ4n) is 0.179. The van der Waals surface area contributed by atoms with Crippen LogP contribution in [0.3, 0.4) is 0 Å². The topological polar surface area (TPSA) is 104 Å². The zero-order chi connectivity index (χ0) is 7.65. The van der Waals surface area contributed by atoms with Crippen LogP contribution in [0.2, 0.25) is 0 Å². The number of aliphatic carboxylic acids is 1. The zero-order valence-electron chi connectivity index (χ0n) is 4.90. The molecule has 0 heterocycles. The van der Waals surface area contributed by atoms with Crippen LogP contribution in [0, 0.1) is 0 Å². The van der Waals surface area contributed by atoms with E-state index in [9.17, 15) is 4.79 Å². The first-order valence-corrected chi connectivity index (χ1v) is 2.31. The SMILES string of the molecule is CC(O)[C@](N)(O)C(=O)O. The van der Waals surface area contributed by atoms with Crippen LogP contribution in [0.1, 0.15) is 6.92 Å². The Morgan fingerprint density at radius 1 is 1.78 bits per heavy atom. The minimum absolute atomic E-state index is 1.09. The summed E-state index contributed by atoms with van der Waals surface area (Å²) in [6.07, 6.45) is -1.48. The second-order valence-corrected chi connectivity index (χ2v) is 1.81. The van der Waals surface area contributed by atoms with E-state index in [1.165, 1.54) is 0 Å². The maximum atomic E-state index is 9.93. The summed E-state index contributed by atoms with van der Waals surface area (Å²) in [7, 11) is 0. The molecule has 0 rings (SSSR count). The first kappa shape index (κ1) is 8.35. The van der Waals surface area contributed by atoms with E-state index in [0.717, 1.165) is 6.92 Å². The quantitative estimate of drug-likeness (QED) is 0.331. The summed E-state index contributed by atoms with van der Waals surface area (Å²) >= 11 is 0. The number of carbonyl (C=O) groups is 1. The van der Waals surface area contributed by atoms with Gasteiger partial charge < -0.3 is 15.3 Å². The van der Waals surface area contributed by atoms with E-state index < -0.39 is 17.8 Å². The van der Waals surface area contributed by atoms with Gasteiger partial charge in [-0.2, -0.15) is 0 Å². The molecule has 2 atom stereocenters. The van der Waals surface area contributed by atoms with Gasteiger partial charge in [0.05, 0.1) is 0 Å². The van der Waals surface area contributed by atoms with E-state index in [4.69, 9.17) is 21.1 Å². The predicted molar refractivity (Wildman–Crippen MR) is 28.5 cm³/mol. The van der Waals surface area contributed by atoms with Gasteiger partial charge in [0.25, 0.3) is 0 Å². The summed E-state index contributed by atoms with van der Waals surface area (Å²) in [4.78, 5) is 9.93. The van der Waals surface area contributed by atoms with Gasteiger partial charge in [-0.05, 0) is 6.92 Å². The molecule has 0 aromatic heterocycles. The molecule has 5 nitrogen and oxygen atoms in total. The van der Waals surface area contributed by atoms with E-state index in [0.29, 0.717) is 0 Å². The summed E-state index contributed by atoms with van der Waals surface area (Å²) in [5, 5.41) is 25.2. The first-order valence-electron chi connectivity index (χ1n) is 2.31. The van der Waals surface area contributed by atoms with Crippen molar-refractivity contribution in [1.29, 1.82) is 0 Å². The molecule has 1 unspecified atom stereocenters. The fraction of sp³-hybridized carbons (Fsp3) is 0.750. The third-order valence-corrected chi connectivity index (χ3v) is 0.980. The van der Waals surface area contributed by atoms with Gasteiger partial charge in [-0.25, -0.2) is 4.79 Å². The molecule has 0 radical (unpaired) electrons. The molecule has 0 amide bonds. The van der Waals surface area contributed by atoms with E-state index in [1.807, 2.05) is 0 Å². The number of rotatable bonds is 2. The molecule has 54 valence electrons. The summed E-state index contributed by atoms with van der Waals surface area (Å²) in [6.45, 7) is 1.09. The molecule has 0 saturated heterocycles. The van der Waals surface area contributed by atoms with Crippen LogP contribution in [0.15, 0.2) is 0 Å². The van der Waals surface area contributed by atoms with Crippen molar-refractivity contribution in [3.8, 4) is 0 Å². The Kier molecular flexibility index (Phi) is 2.13. The predicted octanol–water partition coefficient (Wildman–Crippen LogP) is -1.90. The summed E-state index contributed by atoms with van der Waals surface area (Å²) in [6, 6.07) is 0. The molecular formula is C4H9NO4. The normalized spacial score (nSPS) is 20.4. The molecule has 0 aliphatic rings. The Morgan fingerprint density at radius 3 is 2.11 bits per heavy atom. The average Bonchev–Trinajstić information content (AvgIpc) is 1.65. The van der Waals surface area contributed by atoms with Crippen LogP contribution in [0.5, 0.6) is 0 Å². The monoisotopic (exact) mass is 135 g/mol. The molecule has 5 N–H and O–H groups in total. The number of nitrogens with two attached hydrogens (primary N) is 1. The lowest BCUT2D eigenvalue weighted by atomic mass is 10.1. The maximum absolute atomic E-state index is 9.93. The molecule has 0 saturated carbocycles. The third-order valence-electron chi connectivity index (χ3n) is 0.980. The third kappa shape index (κ3) is 1.63. The van der Waals surface area contributed by atoms with E-state index in [-0.39, 0.29) is 0 Å². The average molecular weight is 135 g/mol. The Morgan fingerprint density at radius 2 is 2.11 bits per heavy atom. The van der Waals surface area contributed by atoms with Crippen molar-refractivity contribution >= 4 is 5.97 Å². The highest BCUT2D eigenvalue weighted by atomic mass is 16.4. The van der Waals surface area contributed by atoms with Crippen LogP contribution in [-0.2, 0) is 4.79 Å². The van der Waals surface area contributed by atoms with Crippen LogP contribution < -0.4 is 5.73 Å². The summed E-state index contributed by atoms with van der Waals surface area (Å²) < 4.78 is 0. The molecule has 0 aliphatic carbocycles. The highest BCUT2D eigenvalue weighted by Gasteiger charge is 2.36. The summed E-state index contributed by atoms with van der Waals surface area (Å²) in [5.74, 6) is -1.64. The van der Waals surface area contributed by atoms with Gasteiger partial charge >= 0.3 is 5.97 Å². The number of carboxylic acids is 1. The highest BCUT2D eigenvalue weighted by Crippen LogP contribution is 2.00. The van der Waals surface area contributed by atoms with Crippen molar-refractivity contribution < 1.29 is 20.1 Å². The van der Waals surface area contributed by atoms with Gasteiger partial charge in [-0.15, -0.1) is 0 Å². The zero-order valence-corrected chi connectivity index (χ0v) is 4.90. The molecule has 0 aliphatic heterocycles. The van der Waals surface area contributed by atoms with E-state index in [2.05, 4.69) is 0 Å². The highest BCUT2D eigenvalue weighted by molar-refractivity contribution is 5.76. The largest absolute Gasteiger partial charge is 0.478 e. The number of hydrogen-bond donors (Lipinski definition) is 4. The van der Waals surface area contributed by atoms with Crippen LogP contribution >= 0.6 is 0 Å². The lowest BCUT2D eigenvalue weighted by Crippen LogP contribution is -2.56. The Labute approximate surface area is 51.7 Å². The number of aliphatic hydroxyl groups excluding tert-OH is 1. The lowest BCUT2D eigenvalue weighted by Gasteiger charge is -2.19. The van der Waals surface area contributed by atoms with Crippen LogP contribution in [0.25, 0.3) is 0 Å². The van der Waals surface area contributed by atoms with Crippen molar-refractivity contribution in [3.63, 3.8) is 0 Å². The van der Waals surface area contributed by atoms with Crippen molar-refractivity contribution in [2.45, 2.75) is 18.8 Å². The van der Waals surface area contributed by atoms with E-state index in [1.54, 1.807) is 0 Å². The molecule has 0 bridgehead atoms. The lowest BCUT2D eigenvalue weighted by molar-refractivity contribution is -0.169. The standard InChI is InChI=1S/C4H9NO4/c1-2(6)4(5,9)3(7)8/h2,6,9H,5H2,1H3,(H,7,8)/t2?,4-/m0/s1. The smallest absolute Gasteiger partial charge is 0.353 e. The molecular weight excluding hydrogens is 126 g/mol. The molecule has 0 aromatic rings. The Balaban J connectivity index is 4.19. The van der Waals surface area contributed by atoms with Crippen molar-refractivity contribution in [2.75, 3.05) is 0 Å². The molecule has 0 fully saturated rings. The van der Waals surface area contributed by atoms with Crippen LogP contribution in [-0.4, -0.2) is 33.1 Å². The second-order valence-electron chi connectivity index (χ2n) is 1.81. The van der Waals surface area contributed by atoms with E-state index >= 15 is 0 Å². The minimum atomic E-state index is -2.53. The Bertz CT molecular complexity index is 120.